The van der Waals surface area contributed by atoms with Gasteiger partial charge in [0.1, 0.15) is 18.4 Å². The molecule has 0 unspecified atom stereocenters. The molecule has 40 heavy (non-hydrogen) atoms. The Bertz CT molecular complexity index is 1450. The molecule has 0 aliphatic carbocycles. The smallest absolute Gasteiger partial charge is 0.264 e. The number of amides is 2. The van der Waals surface area contributed by atoms with Crippen molar-refractivity contribution in [2.75, 3.05) is 10.8 Å². The average molecular weight is 609 g/mol. The van der Waals surface area contributed by atoms with Gasteiger partial charge in [-0.05, 0) is 75.2 Å². The van der Waals surface area contributed by atoms with Crippen molar-refractivity contribution in [3.05, 3.63) is 94.2 Å². The Hall–Kier alpha value is -3.14. The quantitative estimate of drug-likeness (QED) is 0.304. The van der Waals surface area contributed by atoms with Gasteiger partial charge in [0, 0.05) is 17.1 Å². The number of rotatable bonds is 10. The molecule has 0 saturated carbocycles. The third-order valence-electron chi connectivity index (χ3n) is 5.94. The summed E-state index contributed by atoms with van der Waals surface area (Å²) in [5, 5.41) is 3.22. The van der Waals surface area contributed by atoms with E-state index in [1.165, 1.54) is 59.5 Å². The Morgan fingerprint density at radius 3 is 2.15 bits per heavy atom. The minimum Gasteiger partial charge on any atom is -0.350 e. The average Bonchev–Trinajstić information content (AvgIpc) is 2.88. The monoisotopic (exact) mass is 607 g/mol. The van der Waals surface area contributed by atoms with E-state index < -0.39 is 45.8 Å². The first-order chi connectivity index (χ1) is 18.7. The molecule has 0 spiro atoms. The zero-order valence-corrected chi connectivity index (χ0v) is 25.0. The predicted octanol–water partition coefficient (Wildman–Crippen LogP) is 6.05. The first kappa shape index (κ1) is 31.4. The summed E-state index contributed by atoms with van der Waals surface area (Å²) >= 11 is 12.5. The maximum atomic E-state index is 14.0. The Balaban J connectivity index is 2.09. The number of anilines is 1. The standard InChI is InChI=1S/C29H32Cl2FN3O4S/c1-5-25(28(37)33-29(2,3)4)34(18-20-11-14-22(32)15-12-20)27(36)19-35(26-16-13-21(30)17-24(26)31)40(38,39)23-9-7-6-8-10-23/h6-17,25H,5,18-19H2,1-4H3,(H,33,37)/t25-/m0/s1. The van der Waals surface area contributed by atoms with Crippen molar-refractivity contribution in [2.45, 2.75) is 57.1 Å². The van der Waals surface area contributed by atoms with E-state index in [0.29, 0.717) is 10.6 Å². The van der Waals surface area contributed by atoms with Crippen molar-refractivity contribution < 1.29 is 22.4 Å². The number of nitrogens with zero attached hydrogens (tertiary/aromatic N) is 2. The van der Waals surface area contributed by atoms with E-state index in [-0.39, 0.29) is 28.6 Å². The third kappa shape index (κ3) is 7.96. The van der Waals surface area contributed by atoms with Crippen molar-refractivity contribution in [1.82, 2.24) is 10.2 Å². The number of hydrogen-bond acceptors (Lipinski definition) is 4. The summed E-state index contributed by atoms with van der Waals surface area (Å²) in [6.45, 7) is 6.51. The topological polar surface area (TPSA) is 86.8 Å². The lowest BCUT2D eigenvalue weighted by molar-refractivity contribution is -0.141. The van der Waals surface area contributed by atoms with Crippen molar-refractivity contribution in [3.63, 3.8) is 0 Å². The number of halogens is 3. The highest BCUT2D eigenvalue weighted by Gasteiger charge is 2.35. The van der Waals surface area contributed by atoms with Crippen LogP contribution in [0.1, 0.15) is 39.7 Å². The van der Waals surface area contributed by atoms with Gasteiger partial charge in [0.2, 0.25) is 11.8 Å². The van der Waals surface area contributed by atoms with Gasteiger partial charge in [-0.1, -0.05) is 60.5 Å². The molecule has 3 rings (SSSR count). The Morgan fingerprint density at radius 1 is 0.975 bits per heavy atom. The molecule has 11 heteroatoms. The van der Waals surface area contributed by atoms with Crippen LogP contribution in [0.15, 0.2) is 77.7 Å². The van der Waals surface area contributed by atoms with Gasteiger partial charge in [-0.25, -0.2) is 12.8 Å². The van der Waals surface area contributed by atoms with E-state index in [1.807, 2.05) is 20.8 Å². The molecule has 1 atom stereocenters. The van der Waals surface area contributed by atoms with Crippen LogP contribution in [0.4, 0.5) is 10.1 Å². The molecule has 0 bridgehead atoms. The molecule has 0 radical (unpaired) electrons. The van der Waals surface area contributed by atoms with Crippen molar-refractivity contribution in [1.29, 1.82) is 0 Å². The Labute approximate surface area is 244 Å². The van der Waals surface area contributed by atoms with Gasteiger partial charge < -0.3 is 10.2 Å². The Kier molecular flexibility index (Phi) is 10.2. The fourth-order valence-corrected chi connectivity index (χ4v) is 6.09. The molecular weight excluding hydrogens is 576 g/mol. The zero-order valence-electron chi connectivity index (χ0n) is 22.7. The molecule has 0 aliphatic rings. The molecule has 0 aliphatic heterocycles. The lowest BCUT2D eigenvalue weighted by atomic mass is 10.1. The van der Waals surface area contributed by atoms with E-state index in [0.717, 1.165) is 4.31 Å². The van der Waals surface area contributed by atoms with E-state index >= 15 is 0 Å². The highest BCUT2D eigenvalue weighted by molar-refractivity contribution is 7.92. The largest absolute Gasteiger partial charge is 0.350 e. The van der Waals surface area contributed by atoms with Gasteiger partial charge in [0.25, 0.3) is 10.0 Å². The summed E-state index contributed by atoms with van der Waals surface area (Å²) in [5.41, 5.74) is 0.0465. The Morgan fingerprint density at radius 2 is 1.60 bits per heavy atom. The number of benzene rings is 3. The van der Waals surface area contributed by atoms with Gasteiger partial charge in [-0.2, -0.15) is 0 Å². The number of carbonyl (C=O) groups excluding carboxylic acids is 2. The normalized spacial score (nSPS) is 12.5. The molecule has 214 valence electrons. The van der Waals surface area contributed by atoms with Crippen LogP contribution in [-0.4, -0.2) is 43.3 Å². The molecule has 1 N–H and O–H groups in total. The molecule has 0 fully saturated rings. The molecule has 7 nitrogen and oxygen atoms in total. The third-order valence-corrected chi connectivity index (χ3v) is 8.25. The molecule has 3 aromatic rings. The van der Waals surface area contributed by atoms with E-state index in [9.17, 15) is 22.4 Å². The maximum Gasteiger partial charge on any atom is 0.264 e. The van der Waals surface area contributed by atoms with Gasteiger partial charge in [-0.15, -0.1) is 0 Å². The number of hydrogen-bond donors (Lipinski definition) is 1. The first-order valence-electron chi connectivity index (χ1n) is 12.6. The second kappa shape index (κ2) is 13.0. The van der Waals surface area contributed by atoms with Crippen LogP contribution >= 0.6 is 23.2 Å². The number of sulfonamides is 1. The zero-order chi connectivity index (χ0) is 29.7. The predicted molar refractivity (Wildman–Crippen MR) is 156 cm³/mol. The van der Waals surface area contributed by atoms with Gasteiger partial charge in [0.15, 0.2) is 0 Å². The molecule has 0 saturated heterocycles. The number of nitrogens with one attached hydrogen (secondary N) is 1. The molecule has 0 heterocycles. The summed E-state index contributed by atoms with van der Waals surface area (Å²) in [5.74, 6) is -1.49. The fourth-order valence-electron chi connectivity index (χ4n) is 4.08. The second-order valence-corrected chi connectivity index (χ2v) is 12.9. The SMILES string of the molecule is CC[C@@H](C(=O)NC(C)(C)C)N(Cc1ccc(F)cc1)C(=O)CN(c1ccc(Cl)cc1Cl)S(=O)(=O)c1ccccc1. The summed E-state index contributed by atoms with van der Waals surface area (Å²) < 4.78 is 42.2. The van der Waals surface area contributed by atoms with Crippen LogP contribution in [0.2, 0.25) is 10.0 Å². The lowest BCUT2D eigenvalue weighted by Gasteiger charge is -2.35. The van der Waals surface area contributed by atoms with Crippen molar-refractivity contribution >= 4 is 50.7 Å². The van der Waals surface area contributed by atoms with E-state index in [2.05, 4.69) is 5.32 Å². The van der Waals surface area contributed by atoms with Crippen LogP contribution in [0, 0.1) is 5.82 Å². The summed E-state index contributed by atoms with van der Waals surface area (Å²) in [7, 11) is -4.27. The van der Waals surface area contributed by atoms with Gasteiger partial charge in [-0.3, -0.25) is 13.9 Å². The van der Waals surface area contributed by atoms with Crippen LogP contribution < -0.4 is 9.62 Å². The van der Waals surface area contributed by atoms with Crippen LogP contribution in [0.5, 0.6) is 0 Å². The first-order valence-corrected chi connectivity index (χ1v) is 14.8. The minimum atomic E-state index is -4.27. The molecular formula is C29H32Cl2FN3O4S. The highest BCUT2D eigenvalue weighted by atomic mass is 35.5. The molecule has 3 aromatic carbocycles. The fraction of sp³-hybridized carbons (Fsp3) is 0.310. The van der Waals surface area contributed by atoms with Crippen LogP contribution in [0.25, 0.3) is 0 Å². The maximum absolute atomic E-state index is 14.0. The number of carbonyl (C=O) groups is 2. The molecule has 2 amide bonds. The highest BCUT2D eigenvalue weighted by Crippen LogP contribution is 2.33. The minimum absolute atomic E-state index is 0.0300. The van der Waals surface area contributed by atoms with E-state index in [4.69, 9.17) is 23.2 Å². The summed E-state index contributed by atoms with van der Waals surface area (Å²) in [6.07, 6.45) is 0.252. The molecule has 0 aromatic heterocycles. The van der Waals surface area contributed by atoms with Crippen LogP contribution in [0.3, 0.4) is 0 Å². The second-order valence-electron chi connectivity index (χ2n) is 10.2. The van der Waals surface area contributed by atoms with Gasteiger partial charge >= 0.3 is 0 Å². The lowest BCUT2D eigenvalue weighted by Crippen LogP contribution is -2.55. The van der Waals surface area contributed by atoms with Crippen molar-refractivity contribution in [3.8, 4) is 0 Å². The van der Waals surface area contributed by atoms with E-state index in [1.54, 1.807) is 25.1 Å². The van der Waals surface area contributed by atoms with Gasteiger partial charge in [0.05, 0.1) is 15.6 Å². The van der Waals surface area contributed by atoms with Crippen LogP contribution in [-0.2, 0) is 26.2 Å². The van der Waals surface area contributed by atoms with Crippen molar-refractivity contribution in [2.24, 2.45) is 0 Å². The summed E-state index contributed by atoms with van der Waals surface area (Å²) in [6, 6.07) is 16.5. The summed E-state index contributed by atoms with van der Waals surface area (Å²) in [4.78, 5) is 28.6.